The van der Waals surface area contributed by atoms with Crippen molar-refractivity contribution < 1.29 is 29.3 Å². The largest absolute Gasteiger partial charge is 0.489 e. The topological polar surface area (TPSA) is 119 Å². The zero-order chi connectivity index (χ0) is 26.4. The summed E-state index contributed by atoms with van der Waals surface area (Å²) < 4.78 is 5.98. The predicted octanol–water partition coefficient (Wildman–Crippen LogP) is 3.27. The fourth-order valence-electron chi connectivity index (χ4n) is 5.00. The van der Waals surface area contributed by atoms with Crippen LogP contribution in [0.4, 0.5) is 5.69 Å². The summed E-state index contributed by atoms with van der Waals surface area (Å²) in [5.74, 6) is -1.37. The van der Waals surface area contributed by atoms with E-state index >= 15 is 0 Å². The number of ether oxygens (including phenoxy) is 1. The molecule has 1 unspecified atom stereocenters. The highest BCUT2D eigenvalue weighted by molar-refractivity contribution is 6.31. The number of rotatable bonds is 6. The lowest BCUT2D eigenvalue weighted by atomic mass is 9.84. The SMILES string of the molecule is O=C(NC1CN2CCC1CC2)c1cc(Cl)cc2c1OCCN2Cc1ccccc1.O=C(O)/C=C/C(=O)O. The average molecular weight is 528 g/mol. The molecule has 2 aromatic rings. The third-order valence-corrected chi connectivity index (χ3v) is 7.00. The second-order valence-corrected chi connectivity index (χ2v) is 9.72. The van der Waals surface area contributed by atoms with E-state index in [1.807, 2.05) is 24.3 Å². The highest BCUT2D eigenvalue weighted by atomic mass is 35.5. The number of benzene rings is 2. The zero-order valence-electron chi connectivity index (χ0n) is 20.3. The van der Waals surface area contributed by atoms with Crippen molar-refractivity contribution in [2.24, 2.45) is 5.92 Å². The molecule has 0 radical (unpaired) electrons. The van der Waals surface area contributed by atoms with Crippen molar-refractivity contribution >= 4 is 35.1 Å². The average Bonchev–Trinajstić information content (AvgIpc) is 2.89. The maximum absolute atomic E-state index is 13.2. The van der Waals surface area contributed by atoms with Crippen LogP contribution >= 0.6 is 11.6 Å². The summed E-state index contributed by atoms with van der Waals surface area (Å²) in [5, 5.41) is 19.5. The molecule has 1 atom stereocenters. The van der Waals surface area contributed by atoms with Crippen LogP contribution in [-0.2, 0) is 16.1 Å². The Morgan fingerprint density at radius 3 is 2.30 bits per heavy atom. The zero-order valence-corrected chi connectivity index (χ0v) is 21.1. The van der Waals surface area contributed by atoms with Gasteiger partial charge in [-0.3, -0.25) is 4.79 Å². The van der Waals surface area contributed by atoms with E-state index in [-0.39, 0.29) is 11.9 Å². The van der Waals surface area contributed by atoms with E-state index in [1.165, 1.54) is 18.4 Å². The molecule has 10 heteroatoms. The quantitative estimate of drug-likeness (QED) is 0.490. The number of amides is 1. The first-order chi connectivity index (χ1) is 17.8. The van der Waals surface area contributed by atoms with Gasteiger partial charge in [0.15, 0.2) is 5.75 Å². The normalized spacial score (nSPS) is 21.9. The lowest BCUT2D eigenvalue weighted by molar-refractivity contribution is -0.134. The Bertz CT molecular complexity index is 1150. The van der Waals surface area contributed by atoms with Crippen LogP contribution < -0.4 is 15.0 Å². The van der Waals surface area contributed by atoms with Crippen LogP contribution in [0.2, 0.25) is 5.02 Å². The monoisotopic (exact) mass is 527 g/mol. The first-order valence-corrected chi connectivity index (χ1v) is 12.6. The summed E-state index contributed by atoms with van der Waals surface area (Å²) >= 11 is 6.43. The maximum Gasteiger partial charge on any atom is 0.328 e. The van der Waals surface area contributed by atoms with E-state index in [2.05, 4.69) is 27.2 Å². The smallest absolute Gasteiger partial charge is 0.328 e. The van der Waals surface area contributed by atoms with Crippen LogP contribution in [0.25, 0.3) is 0 Å². The first-order valence-electron chi connectivity index (χ1n) is 12.2. The molecular formula is C27H30ClN3O6. The Morgan fingerprint density at radius 1 is 1.03 bits per heavy atom. The van der Waals surface area contributed by atoms with Crippen molar-refractivity contribution in [2.45, 2.75) is 25.4 Å². The number of carbonyl (C=O) groups is 3. The minimum absolute atomic E-state index is 0.0796. The molecule has 6 rings (SSSR count). The molecule has 4 aliphatic rings. The van der Waals surface area contributed by atoms with Crippen LogP contribution in [0.15, 0.2) is 54.6 Å². The third kappa shape index (κ3) is 7.02. The van der Waals surface area contributed by atoms with E-state index in [0.717, 1.165) is 38.4 Å². The molecule has 0 spiro atoms. The summed E-state index contributed by atoms with van der Waals surface area (Å²) in [4.78, 5) is 37.0. The van der Waals surface area contributed by atoms with Crippen molar-refractivity contribution in [1.82, 2.24) is 10.2 Å². The van der Waals surface area contributed by atoms with Gasteiger partial charge in [-0.2, -0.15) is 0 Å². The van der Waals surface area contributed by atoms with E-state index < -0.39 is 11.9 Å². The Morgan fingerprint density at radius 2 is 1.70 bits per heavy atom. The van der Waals surface area contributed by atoms with Crippen LogP contribution in [0.3, 0.4) is 0 Å². The lowest BCUT2D eigenvalue weighted by Gasteiger charge is -2.45. The van der Waals surface area contributed by atoms with Gasteiger partial charge in [-0.25, -0.2) is 9.59 Å². The van der Waals surface area contributed by atoms with Crippen molar-refractivity contribution in [3.8, 4) is 5.75 Å². The molecule has 4 aliphatic heterocycles. The maximum atomic E-state index is 13.2. The number of hydrogen-bond acceptors (Lipinski definition) is 6. The summed E-state index contributed by atoms with van der Waals surface area (Å²) in [6, 6.07) is 14.2. The molecular weight excluding hydrogens is 498 g/mol. The van der Waals surface area contributed by atoms with Gasteiger partial charge < -0.3 is 30.1 Å². The number of nitrogens with one attached hydrogen (secondary N) is 1. The molecule has 2 bridgehead atoms. The third-order valence-electron chi connectivity index (χ3n) is 6.78. The summed E-state index contributed by atoms with van der Waals surface area (Å²) in [6.45, 7) is 5.34. The first kappa shape index (κ1) is 26.5. The van der Waals surface area contributed by atoms with Gasteiger partial charge in [-0.15, -0.1) is 0 Å². The second kappa shape index (κ2) is 12.1. The number of nitrogens with zero attached hydrogens (tertiary/aromatic N) is 2. The highest BCUT2D eigenvalue weighted by Gasteiger charge is 2.36. The van der Waals surface area contributed by atoms with Crippen LogP contribution in [0, 0.1) is 5.92 Å². The number of fused-ring (bicyclic) bond motifs is 4. The standard InChI is InChI=1S/C23H26ClN3O2.C4H4O4/c24-18-12-19(23(28)25-20-15-26-8-6-17(20)7-9-26)22-21(13-18)27(10-11-29-22)14-16-4-2-1-3-5-16;5-3(6)1-2-4(7)8/h1-5,12-13,17,20H,6-11,14-15H2,(H,25,28);1-2H,(H,5,6)(H,7,8)/b;2-1+. The number of piperidine rings is 3. The lowest BCUT2D eigenvalue weighted by Crippen LogP contribution is -2.57. The molecule has 37 heavy (non-hydrogen) atoms. The number of carboxylic acids is 2. The summed E-state index contributed by atoms with van der Waals surface area (Å²) in [7, 11) is 0. The van der Waals surface area contributed by atoms with E-state index in [9.17, 15) is 14.4 Å². The van der Waals surface area contributed by atoms with E-state index in [0.29, 0.717) is 41.0 Å². The minimum Gasteiger partial charge on any atom is -0.489 e. The Labute approximate surface area is 220 Å². The number of carboxylic acid groups (broad SMARTS) is 2. The molecule has 9 nitrogen and oxygen atoms in total. The molecule has 4 heterocycles. The molecule has 0 saturated carbocycles. The molecule has 3 fully saturated rings. The van der Waals surface area contributed by atoms with Crippen molar-refractivity contribution in [2.75, 3.05) is 37.7 Å². The second-order valence-electron chi connectivity index (χ2n) is 9.29. The molecule has 2 aromatic carbocycles. The van der Waals surface area contributed by atoms with E-state index in [4.69, 9.17) is 26.6 Å². The summed E-state index contributed by atoms with van der Waals surface area (Å²) in [6.07, 6.45) is 3.45. The van der Waals surface area contributed by atoms with Gasteiger partial charge in [0, 0.05) is 36.3 Å². The molecule has 0 aromatic heterocycles. The fraction of sp³-hybridized carbons (Fsp3) is 0.370. The van der Waals surface area contributed by atoms with Gasteiger partial charge in [0.25, 0.3) is 5.91 Å². The molecule has 1 amide bonds. The number of hydrogen-bond donors (Lipinski definition) is 3. The number of anilines is 1. The number of carbonyl (C=O) groups excluding carboxylic acids is 1. The van der Waals surface area contributed by atoms with Gasteiger partial charge in [0.2, 0.25) is 0 Å². The molecule has 0 aliphatic carbocycles. The van der Waals surface area contributed by atoms with Gasteiger partial charge >= 0.3 is 11.9 Å². The van der Waals surface area contributed by atoms with Gasteiger partial charge in [-0.05, 0) is 49.5 Å². The number of aliphatic carboxylic acids is 2. The molecule has 196 valence electrons. The van der Waals surface area contributed by atoms with Crippen molar-refractivity contribution in [1.29, 1.82) is 0 Å². The van der Waals surface area contributed by atoms with Crippen molar-refractivity contribution in [3.63, 3.8) is 0 Å². The van der Waals surface area contributed by atoms with Gasteiger partial charge in [-0.1, -0.05) is 41.9 Å². The fourth-order valence-corrected chi connectivity index (χ4v) is 5.21. The van der Waals surface area contributed by atoms with E-state index in [1.54, 1.807) is 6.07 Å². The van der Waals surface area contributed by atoms with Crippen LogP contribution in [-0.4, -0.2) is 71.8 Å². The number of halogens is 1. The Balaban J connectivity index is 0.000000349. The summed E-state index contributed by atoms with van der Waals surface area (Å²) in [5.41, 5.74) is 2.66. The Hall–Kier alpha value is -3.56. The van der Waals surface area contributed by atoms with Crippen LogP contribution in [0.5, 0.6) is 5.75 Å². The van der Waals surface area contributed by atoms with Gasteiger partial charge in [0.05, 0.1) is 17.8 Å². The predicted molar refractivity (Wildman–Crippen MR) is 139 cm³/mol. The van der Waals surface area contributed by atoms with Crippen LogP contribution in [0.1, 0.15) is 28.8 Å². The van der Waals surface area contributed by atoms with Crippen molar-refractivity contribution in [3.05, 3.63) is 70.8 Å². The van der Waals surface area contributed by atoms with Gasteiger partial charge in [0.1, 0.15) is 6.61 Å². The minimum atomic E-state index is -1.26. The Kier molecular flexibility index (Phi) is 8.68. The molecule has 3 saturated heterocycles. The molecule has 3 N–H and O–H groups in total. The highest BCUT2D eigenvalue weighted by Crippen LogP contribution is 2.39.